The molecule has 0 fully saturated rings. The van der Waals surface area contributed by atoms with Crippen molar-refractivity contribution in [3.63, 3.8) is 0 Å². The van der Waals surface area contributed by atoms with Crippen molar-refractivity contribution in [1.82, 2.24) is 0 Å². The van der Waals surface area contributed by atoms with E-state index in [9.17, 15) is 9.18 Å². The Balaban J connectivity index is 2.05. The summed E-state index contributed by atoms with van der Waals surface area (Å²) in [5.41, 5.74) is 3.26. The second kappa shape index (κ2) is 4.48. The molecule has 0 bridgehead atoms. The summed E-state index contributed by atoms with van der Waals surface area (Å²) in [6.07, 6.45) is 0. The lowest BCUT2D eigenvalue weighted by molar-refractivity contribution is 0.0696. The number of fused-ring (bicyclic) bond motifs is 1. The van der Waals surface area contributed by atoms with Gasteiger partial charge in [-0.3, -0.25) is 0 Å². The van der Waals surface area contributed by atoms with E-state index >= 15 is 0 Å². The van der Waals surface area contributed by atoms with E-state index in [1.54, 1.807) is 0 Å². The Morgan fingerprint density at radius 1 is 1.11 bits per heavy atom. The molecule has 2 aromatic rings. The number of ether oxygens (including phenoxy) is 1. The van der Waals surface area contributed by atoms with E-state index in [1.165, 1.54) is 12.1 Å². The molecule has 0 atom stereocenters. The smallest absolute Gasteiger partial charge is 0.335 e. The van der Waals surface area contributed by atoms with Crippen LogP contribution in [0.15, 0.2) is 36.4 Å². The fourth-order valence-electron chi connectivity index (χ4n) is 2.22. The van der Waals surface area contributed by atoms with E-state index < -0.39 is 11.8 Å². The molecule has 4 heteroatoms. The van der Waals surface area contributed by atoms with Crippen molar-refractivity contribution in [3.8, 4) is 11.1 Å². The van der Waals surface area contributed by atoms with Crippen LogP contribution < -0.4 is 0 Å². The van der Waals surface area contributed by atoms with Crippen LogP contribution >= 0.6 is 0 Å². The van der Waals surface area contributed by atoms with Crippen LogP contribution in [0.25, 0.3) is 11.1 Å². The Morgan fingerprint density at radius 3 is 2.63 bits per heavy atom. The first-order chi connectivity index (χ1) is 9.15. The van der Waals surface area contributed by atoms with Crippen LogP contribution in [0.2, 0.25) is 0 Å². The molecule has 3 nitrogen and oxygen atoms in total. The van der Waals surface area contributed by atoms with Crippen molar-refractivity contribution < 1.29 is 19.0 Å². The average molecular weight is 258 g/mol. The molecular formula is C15H11FO3. The summed E-state index contributed by atoms with van der Waals surface area (Å²) < 4.78 is 19.3. The summed E-state index contributed by atoms with van der Waals surface area (Å²) in [5, 5.41) is 8.81. The molecular weight excluding hydrogens is 247 g/mol. The van der Waals surface area contributed by atoms with E-state index in [1.807, 2.05) is 18.2 Å². The van der Waals surface area contributed by atoms with Gasteiger partial charge in [-0.1, -0.05) is 18.2 Å². The third-order valence-electron chi connectivity index (χ3n) is 3.25. The zero-order chi connectivity index (χ0) is 13.4. The number of hydrogen-bond donors (Lipinski definition) is 1. The van der Waals surface area contributed by atoms with Crippen molar-refractivity contribution in [2.24, 2.45) is 0 Å². The monoisotopic (exact) mass is 258 g/mol. The van der Waals surface area contributed by atoms with Gasteiger partial charge in [-0.15, -0.1) is 0 Å². The second-order valence-electron chi connectivity index (χ2n) is 4.48. The molecule has 1 heterocycles. The molecule has 0 saturated heterocycles. The van der Waals surface area contributed by atoms with Gasteiger partial charge in [0, 0.05) is 5.56 Å². The SMILES string of the molecule is O=C(O)c1ccc(-c2ccc3c(c2)COC3)c(F)c1. The lowest BCUT2D eigenvalue weighted by Gasteiger charge is -2.06. The van der Waals surface area contributed by atoms with Gasteiger partial charge in [-0.2, -0.15) is 0 Å². The normalized spacial score (nSPS) is 13.3. The van der Waals surface area contributed by atoms with Crippen LogP contribution in [0.3, 0.4) is 0 Å². The predicted molar refractivity (Wildman–Crippen MR) is 67.3 cm³/mol. The van der Waals surface area contributed by atoms with Crippen molar-refractivity contribution in [3.05, 3.63) is 58.9 Å². The fraction of sp³-hybridized carbons (Fsp3) is 0.133. The van der Waals surface area contributed by atoms with Crippen LogP contribution in [-0.4, -0.2) is 11.1 Å². The number of aromatic carboxylic acids is 1. The molecule has 0 amide bonds. The molecule has 0 spiro atoms. The first-order valence-electron chi connectivity index (χ1n) is 5.88. The van der Waals surface area contributed by atoms with E-state index in [-0.39, 0.29) is 5.56 Å². The standard InChI is InChI=1S/C15H11FO3/c16-14-6-10(15(17)18)3-4-13(14)9-1-2-11-7-19-8-12(11)5-9/h1-6H,7-8H2,(H,17,18). The zero-order valence-electron chi connectivity index (χ0n) is 10.0. The van der Waals surface area contributed by atoms with Gasteiger partial charge in [0.1, 0.15) is 5.82 Å². The van der Waals surface area contributed by atoms with E-state index in [0.717, 1.165) is 22.8 Å². The number of rotatable bonds is 2. The molecule has 3 rings (SSSR count). The molecule has 0 aromatic heterocycles. The van der Waals surface area contributed by atoms with Crippen LogP contribution in [0, 0.1) is 5.82 Å². The van der Waals surface area contributed by atoms with Gasteiger partial charge >= 0.3 is 5.97 Å². The number of benzene rings is 2. The third kappa shape index (κ3) is 2.11. The van der Waals surface area contributed by atoms with Gasteiger partial charge in [0.15, 0.2) is 0 Å². The van der Waals surface area contributed by atoms with Crippen molar-refractivity contribution in [1.29, 1.82) is 0 Å². The number of carbonyl (C=O) groups is 1. The summed E-state index contributed by atoms with van der Waals surface area (Å²) in [5.74, 6) is -1.66. The predicted octanol–water partition coefficient (Wildman–Crippen LogP) is 3.22. The molecule has 96 valence electrons. The maximum atomic E-state index is 14.0. The molecule has 0 radical (unpaired) electrons. The molecule has 1 aliphatic heterocycles. The topological polar surface area (TPSA) is 46.5 Å². The maximum Gasteiger partial charge on any atom is 0.335 e. The minimum Gasteiger partial charge on any atom is -0.478 e. The second-order valence-corrected chi connectivity index (χ2v) is 4.48. The summed E-state index contributed by atoms with van der Waals surface area (Å²) in [6.45, 7) is 1.13. The Labute approximate surface area is 109 Å². The zero-order valence-corrected chi connectivity index (χ0v) is 10.0. The summed E-state index contributed by atoms with van der Waals surface area (Å²) in [6, 6.07) is 9.58. The average Bonchev–Trinajstić information content (AvgIpc) is 2.85. The van der Waals surface area contributed by atoms with Gasteiger partial charge in [-0.05, 0) is 34.9 Å². The molecule has 1 N–H and O–H groups in total. The Morgan fingerprint density at radius 2 is 1.89 bits per heavy atom. The largest absolute Gasteiger partial charge is 0.478 e. The van der Waals surface area contributed by atoms with Crippen LogP contribution in [-0.2, 0) is 18.0 Å². The highest BCUT2D eigenvalue weighted by molar-refractivity contribution is 5.88. The Bertz CT molecular complexity index is 664. The molecule has 19 heavy (non-hydrogen) atoms. The Kier molecular flexibility index (Phi) is 2.80. The molecule has 0 saturated carbocycles. The number of hydrogen-bond acceptors (Lipinski definition) is 2. The lowest BCUT2D eigenvalue weighted by Crippen LogP contribution is -1.97. The van der Waals surface area contributed by atoms with Gasteiger partial charge in [0.25, 0.3) is 0 Å². The van der Waals surface area contributed by atoms with Crippen molar-refractivity contribution >= 4 is 5.97 Å². The van der Waals surface area contributed by atoms with Crippen LogP contribution in [0.4, 0.5) is 4.39 Å². The lowest BCUT2D eigenvalue weighted by atomic mass is 9.99. The summed E-state index contributed by atoms with van der Waals surface area (Å²) in [4.78, 5) is 10.8. The first-order valence-corrected chi connectivity index (χ1v) is 5.88. The number of carboxylic acid groups (broad SMARTS) is 1. The van der Waals surface area contributed by atoms with E-state index in [0.29, 0.717) is 18.8 Å². The highest BCUT2D eigenvalue weighted by Gasteiger charge is 2.14. The Hall–Kier alpha value is -2.20. The van der Waals surface area contributed by atoms with Gasteiger partial charge in [0.05, 0.1) is 18.8 Å². The van der Waals surface area contributed by atoms with Crippen molar-refractivity contribution in [2.75, 3.05) is 0 Å². The van der Waals surface area contributed by atoms with Gasteiger partial charge < -0.3 is 9.84 Å². The molecule has 1 aliphatic rings. The summed E-state index contributed by atoms with van der Waals surface area (Å²) in [7, 11) is 0. The fourth-order valence-corrected chi connectivity index (χ4v) is 2.22. The molecule has 2 aromatic carbocycles. The maximum absolute atomic E-state index is 14.0. The van der Waals surface area contributed by atoms with Crippen LogP contribution in [0.5, 0.6) is 0 Å². The molecule has 0 unspecified atom stereocenters. The third-order valence-corrected chi connectivity index (χ3v) is 3.25. The number of halogens is 1. The minimum absolute atomic E-state index is 0.0502. The highest BCUT2D eigenvalue weighted by atomic mass is 19.1. The summed E-state index contributed by atoms with van der Waals surface area (Å²) >= 11 is 0. The van der Waals surface area contributed by atoms with E-state index in [4.69, 9.17) is 9.84 Å². The van der Waals surface area contributed by atoms with Crippen LogP contribution in [0.1, 0.15) is 21.5 Å². The van der Waals surface area contributed by atoms with E-state index in [2.05, 4.69) is 0 Å². The van der Waals surface area contributed by atoms with Gasteiger partial charge in [-0.25, -0.2) is 9.18 Å². The van der Waals surface area contributed by atoms with Gasteiger partial charge in [0.2, 0.25) is 0 Å². The highest BCUT2D eigenvalue weighted by Crippen LogP contribution is 2.29. The molecule has 0 aliphatic carbocycles. The first kappa shape index (κ1) is 11.9. The quantitative estimate of drug-likeness (QED) is 0.899. The minimum atomic E-state index is -1.13. The number of carboxylic acids is 1. The van der Waals surface area contributed by atoms with Crippen molar-refractivity contribution in [2.45, 2.75) is 13.2 Å².